The Kier molecular flexibility index (Phi) is 14.8. The van der Waals surface area contributed by atoms with Crippen LogP contribution in [-0.2, 0) is 36.0 Å². The second-order valence-corrected chi connectivity index (χ2v) is 3.16. The molecule has 0 N–H and O–H groups in total. The van der Waals surface area contributed by atoms with Crippen LogP contribution >= 0.6 is 0 Å². The van der Waals surface area contributed by atoms with Crippen molar-refractivity contribution in [2.45, 2.75) is 40.5 Å². The normalized spacial score (nSPS) is 7.73. The van der Waals surface area contributed by atoms with Crippen LogP contribution in [-0.4, -0.2) is 23.1 Å². The number of ketones is 4. The molecular formula is C10H16CoO4. The zero-order valence-electron chi connectivity index (χ0n) is 9.38. The van der Waals surface area contributed by atoms with Crippen molar-refractivity contribution >= 4 is 23.1 Å². The fourth-order valence-corrected chi connectivity index (χ4v) is 0.701. The molecule has 89 valence electrons. The van der Waals surface area contributed by atoms with Gasteiger partial charge in [-0.1, -0.05) is 0 Å². The fraction of sp³-hybridized carbons (Fsp3) is 0.600. The first-order valence-electron chi connectivity index (χ1n) is 4.23. The molecule has 0 saturated heterocycles. The summed E-state index contributed by atoms with van der Waals surface area (Å²) in [6.07, 6.45) is 0.167. The minimum Gasteiger partial charge on any atom is -0.300 e. The summed E-state index contributed by atoms with van der Waals surface area (Å²) in [5.41, 5.74) is 0. The van der Waals surface area contributed by atoms with E-state index in [-0.39, 0.29) is 52.8 Å². The molecule has 4 nitrogen and oxygen atoms in total. The van der Waals surface area contributed by atoms with E-state index in [0.717, 1.165) is 0 Å². The molecule has 0 spiro atoms. The zero-order valence-corrected chi connectivity index (χ0v) is 10.4. The van der Waals surface area contributed by atoms with Crippen LogP contribution in [0.3, 0.4) is 0 Å². The van der Waals surface area contributed by atoms with Crippen LogP contribution in [0.25, 0.3) is 0 Å². The van der Waals surface area contributed by atoms with E-state index in [1.807, 2.05) is 0 Å². The molecule has 0 rings (SSSR count). The maximum Gasteiger partial charge on any atom is 0.137 e. The second-order valence-electron chi connectivity index (χ2n) is 3.16. The van der Waals surface area contributed by atoms with Crippen LogP contribution in [0.5, 0.6) is 0 Å². The molecule has 0 atom stereocenters. The monoisotopic (exact) mass is 259 g/mol. The topological polar surface area (TPSA) is 68.3 Å². The molecule has 0 aliphatic carbocycles. The predicted molar refractivity (Wildman–Crippen MR) is 52.0 cm³/mol. The van der Waals surface area contributed by atoms with E-state index in [9.17, 15) is 19.2 Å². The first kappa shape index (κ1) is 19.7. The summed E-state index contributed by atoms with van der Waals surface area (Å²) in [6, 6.07) is 0. The van der Waals surface area contributed by atoms with Gasteiger partial charge in [-0.3, -0.25) is 19.2 Å². The molecule has 0 aliphatic heterocycles. The molecule has 0 heterocycles. The first-order chi connectivity index (χ1) is 6.25. The summed E-state index contributed by atoms with van der Waals surface area (Å²) < 4.78 is 0. The van der Waals surface area contributed by atoms with Crippen LogP contribution in [0.15, 0.2) is 0 Å². The van der Waals surface area contributed by atoms with Crippen LogP contribution in [0.1, 0.15) is 40.5 Å². The average molecular weight is 259 g/mol. The molecule has 0 aromatic carbocycles. The second kappa shape index (κ2) is 11.3. The molecule has 0 bridgehead atoms. The van der Waals surface area contributed by atoms with E-state index in [1.54, 1.807) is 0 Å². The van der Waals surface area contributed by atoms with Crippen molar-refractivity contribution in [3.63, 3.8) is 0 Å². The van der Waals surface area contributed by atoms with Crippen LogP contribution in [0.2, 0.25) is 0 Å². The van der Waals surface area contributed by atoms with Crippen molar-refractivity contribution in [3.05, 3.63) is 0 Å². The SMILES string of the molecule is CC(=O)CC(C)=O.CC(=O)CC(C)=O.[Co]. The number of hydrogen-bond donors (Lipinski definition) is 0. The molecule has 0 aliphatic rings. The summed E-state index contributed by atoms with van der Waals surface area (Å²) >= 11 is 0. The molecule has 1 radical (unpaired) electrons. The van der Waals surface area contributed by atoms with Gasteiger partial charge in [-0.05, 0) is 27.7 Å². The van der Waals surface area contributed by atoms with Crippen molar-refractivity contribution < 1.29 is 36.0 Å². The van der Waals surface area contributed by atoms with E-state index >= 15 is 0 Å². The third-order valence-corrected chi connectivity index (χ3v) is 0.996. The van der Waals surface area contributed by atoms with Gasteiger partial charge < -0.3 is 0 Å². The van der Waals surface area contributed by atoms with E-state index < -0.39 is 0 Å². The largest absolute Gasteiger partial charge is 0.300 e. The van der Waals surface area contributed by atoms with Crippen LogP contribution in [0.4, 0.5) is 0 Å². The van der Waals surface area contributed by atoms with Gasteiger partial charge in [-0.2, -0.15) is 0 Å². The van der Waals surface area contributed by atoms with Crippen molar-refractivity contribution in [2.24, 2.45) is 0 Å². The van der Waals surface area contributed by atoms with Gasteiger partial charge in [0.25, 0.3) is 0 Å². The van der Waals surface area contributed by atoms with Gasteiger partial charge in [0.05, 0.1) is 12.8 Å². The maximum absolute atomic E-state index is 10.0. The van der Waals surface area contributed by atoms with Crippen molar-refractivity contribution in [1.82, 2.24) is 0 Å². The van der Waals surface area contributed by atoms with E-state index in [2.05, 4.69) is 0 Å². The summed E-state index contributed by atoms with van der Waals surface area (Å²) in [4.78, 5) is 40.1. The molecule has 0 saturated carbocycles. The Morgan fingerprint density at radius 3 is 0.733 bits per heavy atom. The third-order valence-electron chi connectivity index (χ3n) is 0.996. The molecule has 0 unspecified atom stereocenters. The third kappa shape index (κ3) is 32.0. The van der Waals surface area contributed by atoms with Gasteiger partial charge in [0.2, 0.25) is 0 Å². The Hall–Kier alpha value is -0.814. The maximum atomic E-state index is 10.0. The Balaban J connectivity index is -0.000000180. The fourth-order valence-electron chi connectivity index (χ4n) is 0.701. The van der Waals surface area contributed by atoms with Crippen molar-refractivity contribution in [1.29, 1.82) is 0 Å². The van der Waals surface area contributed by atoms with Gasteiger partial charge in [0, 0.05) is 16.8 Å². The number of carbonyl (C=O) groups is 4. The molecular weight excluding hydrogens is 243 g/mol. The Bertz CT molecular complexity index is 196. The molecule has 0 aromatic rings. The van der Waals surface area contributed by atoms with Crippen molar-refractivity contribution in [2.75, 3.05) is 0 Å². The number of rotatable bonds is 4. The van der Waals surface area contributed by atoms with Gasteiger partial charge in [-0.15, -0.1) is 0 Å². The molecule has 0 amide bonds. The first-order valence-corrected chi connectivity index (χ1v) is 4.23. The molecule has 0 aromatic heterocycles. The smallest absolute Gasteiger partial charge is 0.137 e. The van der Waals surface area contributed by atoms with Gasteiger partial charge in [-0.25, -0.2) is 0 Å². The number of hydrogen-bond acceptors (Lipinski definition) is 4. The standard InChI is InChI=1S/2C5H8O2.Co/c2*1-4(6)3-5(2)7;/h2*3H2,1-2H3;. The van der Waals surface area contributed by atoms with Gasteiger partial charge in [0.1, 0.15) is 23.1 Å². The quantitative estimate of drug-likeness (QED) is 0.709. The van der Waals surface area contributed by atoms with Gasteiger partial charge >= 0.3 is 0 Å². The van der Waals surface area contributed by atoms with Gasteiger partial charge in [0.15, 0.2) is 0 Å². The number of Topliss-reactive ketones (excluding diaryl/α,β-unsaturated/α-hetero) is 4. The summed E-state index contributed by atoms with van der Waals surface area (Å²) in [7, 11) is 0. The Morgan fingerprint density at radius 1 is 0.600 bits per heavy atom. The number of carbonyl (C=O) groups excluding carboxylic acids is 4. The minimum atomic E-state index is -0.0625. The van der Waals surface area contributed by atoms with E-state index in [1.165, 1.54) is 27.7 Å². The zero-order chi connectivity index (χ0) is 11.7. The van der Waals surface area contributed by atoms with E-state index in [0.29, 0.717) is 0 Å². The minimum absolute atomic E-state index is 0. The predicted octanol–water partition coefficient (Wildman–Crippen LogP) is 1.11. The van der Waals surface area contributed by atoms with Crippen molar-refractivity contribution in [3.8, 4) is 0 Å². The van der Waals surface area contributed by atoms with Crippen LogP contribution < -0.4 is 0 Å². The Labute approximate surface area is 100.0 Å². The molecule has 0 fully saturated rings. The summed E-state index contributed by atoms with van der Waals surface area (Å²) in [6.45, 7) is 5.62. The molecule has 15 heavy (non-hydrogen) atoms. The summed E-state index contributed by atoms with van der Waals surface area (Å²) in [5.74, 6) is -0.250. The average Bonchev–Trinajstić information content (AvgIpc) is 1.79. The summed E-state index contributed by atoms with van der Waals surface area (Å²) in [5, 5.41) is 0. The van der Waals surface area contributed by atoms with Crippen LogP contribution in [0, 0.1) is 0 Å². The molecule has 5 heteroatoms. The Morgan fingerprint density at radius 2 is 0.733 bits per heavy atom. The van der Waals surface area contributed by atoms with E-state index in [4.69, 9.17) is 0 Å².